The van der Waals surface area contributed by atoms with E-state index in [1.807, 2.05) is 36.4 Å². The first kappa shape index (κ1) is 15.7. The van der Waals surface area contributed by atoms with Crippen molar-refractivity contribution in [2.75, 3.05) is 11.9 Å². The van der Waals surface area contributed by atoms with Crippen molar-refractivity contribution in [2.45, 2.75) is 19.9 Å². The quantitative estimate of drug-likeness (QED) is 0.857. The van der Waals surface area contributed by atoms with Gasteiger partial charge in [-0.2, -0.15) is 0 Å². The van der Waals surface area contributed by atoms with Gasteiger partial charge < -0.3 is 10.6 Å². The van der Waals surface area contributed by atoms with E-state index in [1.54, 1.807) is 0 Å². The fourth-order valence-electron chi connectivity index (χ4n) is 2.19. The summed E-state index contributed by atoms with van der Waals surface area (Å²) in [4.78, 5) is 12.0. The summed E-state index contributed by atoms with van der Waals surface area (Å²) in [5.74, 6) is -0.0534. The molecule has 0 aliphatic carbocycles. The molecule has 1 atom stereocenters. The Bertz CT molecular complexity index is 628. The molecule has 2 aromatic carbocycles. The topological polar surface area (TPSA) is 41.1 Å². The summed E-state index contributed by atoms with van der Waals surface area (Å²) in [7, 11) is 0. The van der Waals surface area contributed by atoms with Gasteiger partial charge >= 0.3 is 0 Å². The molecule has 0 aliphatic rings. The number of carbonyl (C=O) groups excluding carboxylic acids is 1. The van der Waals surface area contributed by atoms with E-state index in [2.05, 4.69) is 52.5 Å². The van der Waals surface area contributed by atoms with Crippen LogP contribution in [0.2, 0.25) is 0 Å². The normalized spacial score (nSPS) is 12.0. The van der Waals surface area contributed by atoms with Crippen molar-refractivity contribution >= 4 is 27.5 Å². The van der Waals surface area contributed by atoms with E-state index in [9.17, 15) is 4.79 Å². The first-order chi connectivity index (χ1) is 10.1. The van der Waals surface area contributed by atoms with Gasteiger partial charge in [-0.05, 0) is 53.0 Å². The van der Waals surface area contributed by atoms with Crippen molar-refractivity contribution in [3.8, 4) is 0 Å². The van der Waals surface area contributed by atoms with E-state index in [0.717, 1.165) is 10.2 Å². The van der Waals surface area contributed by atoms with Crippen LogP contribution in [0.25, 0.3) is 0 Å². The minimum atomic E-state index is -0.0534. The van der Waals surface area contributed by atoms with Crippen LogP contribution in [0, 0.1) is 6.92 Å². The van der Waals surface area contributed by atoms with E-state index in [-0.39, 0.29) is 18.5 Å². The van der Waals surface area contributed by atoms with E-state index in [4.69, 9.17) is 0 Å². The number of aryl methyl sites for hydroxylation is 1. The molecule has 0 aromatic heterocycles. The molecule has 3 nitrogen and oxygen atoms in total. The Morgan fingerprint density at radius 1 is 1.14 bits per heavy atom. The van der Waals surface area contributed by atoms with Crippen LogP contribution in [0.5, 0.6) is 0 Å². The van der Waals surface area contributed by atoms with Crippen LogP contribution in [0.15, 0.2) is 53.0 Å². The Kier molecular flexibility index (Phi) is 5.53. The number of benzene rings is 2. The molecule has 1 amide bonds. The monoisotopic (exact) mass is 346 g/mol. The van der Waals surface area contributed by atoms with E-state index < -0.39 is 0 Å². The molecule has 21 heavy (non-hydrogen) atoms. The van der Waals surface area contributed by atoms with Crippen LogP contribution in [0.1, 0.15) is 24.1 Å². The molecular weight excluding hydrogens is 328 g/mol. The lowest BCUT2D eigenvalue weighted by Gasteiger charge is -2.16. The van der Waals surface area contributed by atoms with Crippen LogP contribution in [-0.2, 0) is 4.79 Å². The number of hydrogen-bond donors (Lipinski definition) is 2. The fraction of sp³-hybridized carbons (Fsp3) is 0.235. The van der Waals surface area contributed by atoms with E-state index in [1.165, 1.54) is 11.1 Å². The minimum Gasteiger partial charge on any atom is -0.324 e. The molecule has 2 aromatic rings. The highest BCUT2D eigenvalue weighted by molar-refractivity contribution is 9.10. The average molecular weight is 347 g/mol. The molecule has 2 rings (SSSR count). The molecule has 0 aliphatic heterocycles. The molecule has 0 radical (unpaired) electrons. The maximum atomic E-state index is 12.0. The van der Waals surface area contributed by atoms with Gasteiger partial charge in [-0.15, -0.1) is 0 Å². The molecule has 110 valence electrons. The Morgan fingerprint density at radius 2 is 1.81 bits per heavy atom. The summed E-state index contributed by atoms with van der Waals surface area (Å²) in [5.41, 5.74) is 3.22. The number of para-hydroxylation sites is 1. The maximum absolute atomic E-state index is 12.0. The number of hydrogen-bond acceptors (Lipinski definition) is 2. The van der Waals surface area contributed by atoms with Gasteiger partial charge in [0.15, 0.2) is 0 Å². The zero-order chi connectivity index (χ0) is 15.2. The van der Waals surface area contributed by atoms with Gasteiger partial charge in [0.05, 0.1) is 12.2 Å². The molecule has 0 bridgehead atoms. The van der Waals surface area contributed by atoms with Crippen molar-refractivity contribution in [3.05, 3.63) is 64.1 Å². The second-order valence-corrected chi connectivity index (χ2v) is 5.84. The first-order valence-corrected chi connectivity index (χ1v) is 7.70. The van der Waals surface area contributed by atoms with Crippen LogP contribution in [0.3, 0.4) is 0 Å². The number of anilines is 1. The minimum absolute atomic E-state index is 0.0534. The van der Waals surface area contributed by atoms with Crippen LogP contribution < -0.4 is 10.6 Å². The van der Waals surface area contributed by atoms with Gasteiger partial charge in [0, 0.05) is 10.5 Å². The third-order valence-electron chi connectivity index (χ3n) is 3.37. The summed E-state index contributed by atoms with van der Waals surface area (Å²) in [6, 6.07) is 15.9. The Labute approximate surface area is 133 Å². The Balaban J connectivity index is 1.90. The summed E-state index contributed by atoms with van der Waals surface area (Å²) in [6.45, 7) is 4.42. The largest absolute Gasteiger partial charge is 0.324 e. The first-order valence-electron chi connectivity index (χ1n) is 6.91. The second-order valence-electron chi connectivity index (χ2n) is 4.99. The van der Waals surface area contributed by atoms with Gasteiger partial charge in [0.25, 0.3) is 0 Å². The molecule has 0 unspecified atom stereocenters. The Hall–Kier alpha value is -1.65. The Morgan fingerprint density at radius 3 is 2.52 bits per heavy atom. The zero-order valence-electron chi connectivity index (χ0n) is 12.2. The zero-order valence-corrected chi connectivity index (χ0v) is 13.8. The lowest BCUT2D eigenvalue weighted by molar-refractivity contribution is -0.115. The average Bonchev–Trinajstić information content (AvgIpc) is 2.48. The van der Waals surface area contributed by atoms with Crippen LogP contribution >= 0.6 is 15.9 Å². The SMILES string of the molecule is Cc1ccccc1[C@@H](C)NCC(=O)Nc1ccccc1Br. The van der Waals surface area contributed by atoms with Crippen molar-refractivity contribution < 1.29 is 4.79 Å². The standard InChI is InChI=1S/C17H19BrN2O/c1-12-7-3-4-8-14(12)13(2)19-11-17(21)20-16-10-6-5-9-15(16)18/h3-10,13,19H,11H2,1-2H3,(H,20,21)/t13-/m1/s1. The smallest absolute Gasteiger partial charge is 0.238 e. The number of rotatable bonds is 5. The summed E-state index contributed by atoms with van der Waals surface area (Å²) in [5, 5.41) is 6.14. The highest BCUT2D eigenvalue weighted by Gasteiger charge is 2.10. The molecule has 2 N–H and O–H groups in total. The third kappa shape index (κ3) is 4.41. The second kappa shape index (κ2) is 7.38. The molecule has 0 heterocycles. The van der Waals surface area contributed by atoms with Crippen molar-refractivity contribution in [3.63, 3.8) is 0 Å². The number of nitrogens with one attached hydrogen (secondary N) is 2. The van der Waals surface area contributed by atoms with Crippen molar-refractivity contribution in [1.82, 2.24) is 5.32 Å². The van der Waals surface area contributed by atoms with Gasteiger partial charge in [-0.3, -0.25) is 4.79 Å². The van der Waals surface area contributed by atoms with Gasteiger partial charge in [-0.25, -0.2) is 0 Å². The fourth-order valence-corrected chi connectivity index (χ4v) is 2.57. The molecule has 0 spiro atoms. The number of halogens is 1. The summed E-state index contributed by atoms with van der Waals surface area (Å²) >= 11 is 3.42. The highest BCUT2D eigenvalue weighted by Crippen LogP contribution is 2.21. The van der Waals surface area contributed by atoms with Gasteiger partial charge in [0.1, 0.15) is 0 Å². The predicted molar refractivity (Wildman–Crippen MR) is 90.4 cm³/mol. The predicted octanol–water partition coefficient (Wildman–Crippen LogP) is 4.05. The molecular formula is C17H19BrN2O. The highest BCUT2D eigenvalue weighted by atomic mass is 79.9. The van der Waals surface area contributed by atoms with E-state index in [0.29, 0.717) is 0 Å². The molecule has 0 saturated carbocycles. The van der Waals surface area contributed by atoms with Gasteiger partial charge in [-0.1, -0.05) is 36.4 Å². The lowest BCUT2D eigenvalue weighted by atomic mass is 10.0. The van der Waals surface area contributed by atoms with E-state index >= 15 is 0 Å². The maximum Gasteiger partial charge on any atom is 0.238 e. The van der Waals surface area contributed by atoms with Gasteiger partial charge in [0.2, 0.25) is 5.91 Å². The summed E-state index contributed by atoms with van der Waals surface area (Å²) in [6.07, 6.45) is 0. The van der Waals surface area contributed by atoms with Crippen LogP contribution in [-0.4, -0.2) is 12.5 Å². The summed E-state index contributed by atoms with van der Waals surface area (Å²) < 4.78 is 0.880. The third-order valence-corrected chi connectivity index (χ3v) is 4.06. The molecule has 4 heteroatoms. The van der Waals surface area contributed by atoms with Crippen molar-refractivity contribution in [1.29, 1.82) is 0 Å². The lowest BCUT2D eigenvalue weighted by Crippen LogP contribution is -2.30. The molecule has 0 saturated heterocycles. The molecule has 0 fully saturated rings. The van der Waals surface area contributed by atoms with Crippen molar-refractivity contribution in [2.24, 2.45) is 0 Å². The number of amides is 1. The van der Waals surface area contributed by atoms with Crippen LogP contribution in [0.4, 0.5) is 5.69 Å². The number of carbonyl (C=O) groups is 1.